The molecule has 1 rings (SSSR count). The second-order valence-electron chi connectivity index (χ2n) is 2.75. The number of aromatic amines is 1. The molecule has 4 nitrogen and oxygen atoms in total. The van der Waals surface area contributed by atoms with Crippen LogP contribution in [0, 0.1) is 6.92 Å². The number of aryl methyl sites for hydroxylation is 1. The highest BCUT2D eigenvalue weighted by Gasteiger charge is 1.96. The van der Waals surface area contributed by atoms with E-state index in [9.17, 15) is 4.79 Å². The number of Topliss-reactive ketones (excluding diaryl/α,β-unsaturated/α-hetero) is 1. The minimum absolute atomic E-state index is 0.142. The summed E-state index contributed by atoms with van der Waals surface area (Å²) in [6.07, 6.45) is 1.43. The summed E-state index contributed by atoms with van der Waals surface area (Å²) in [5.41, 5.74) is 1.06. The van der Waals surface area contributed by atoms with E-state index in [1.165, 1.54) is 13.1 Å². The zero-order chi connectivity index (χ0) is 10.6. The van der Waals surface area contributed by atoms with Gasteiger partial charge in [0, 0.05) is 12.6 Å². The van der Waals surface area contributed by atoms with Crippen LogP contribution >= 0.6 is 11.6 Å². The number of nitrogens with one attached hydrogen (secondary N) is 1. The molecule has 5 heteroatoms. The first kappa shape index (κ1) is 10.7. The second-order valence-corrected chi connectivity index (χ2v) is 3.14. The average molecular weight is 212 g/mol. The monoisotopic (exact) mass is 211 g/mol. The first-order valence-electron chi connectivity index (χ1n) is 4.02. The molecular formula is C9H10ClN3O. The van der Waals surface area contributed by atoms with Gasteiger partial charge in [-0.2, -0.15) is 5.10 Å². The Morgan fingerprint density at radius 3 is 2.86 bits per heavy atom. The van der Waals surface area contributed by atoms with Crippen LogP contribution in [0.2, 0.25) is 5.15 Å². The fourth-order valence-electron chi connectivity index (χ4n) is 0.748. The van der Waals surface area contributed by atoms with Crippen molar-refractivity contribution in [1.29, 1.82) is 0 Å². The maximum Gasteiger partial charge on any atom is 0.179 e. The van der Waals surface area contributed by atoms with Crippen molar-refractivity contribution in [1.82, 2.24) is 15.2 Å². The van der Waals surface area contributed by atoms with Gasteiger partial charge < -0.3 is 0 Å². The highest BCUT2D eigenvalue weighted by Crippen LogP contribution is 1.99. The number of nitrogens with zero attached hydrogens (tertiary/aromatic N) is 2. The van der Waals surface area contributed by atoms with Crippen LogP contribution in [0.4, 0.5) is 0 Å². The van der Waals surface area contributed by atoms with Crippen molar-refractivity contribution < 1.29 is 4.79 Å². The topological polar surface area (TPSA) is 58.6 Å². The Labute approximate surface area is 86.6 Å². The Morgan fingerprint density at radius 1 is 1.50 bits per heavy atom. The summed E-state index contributed by atoms with van der Waals surface area (Å²) in [4.78, 5) is 15.1. The van der Waals surface area contributed by atoms with Crippen LogP contribution in [0.15, 0.2) is 18.3 Å². The van der Waals surface area contributed by atoms with E-state index < -0.39 is 0 Å². The summed E-state index contributed by atoms with van der Waals surface area (Å²) in [5.74, 6) is -0.142. The lowest BCUT2D eigenvalue weighted by molar-refractivity contribution is 0.101. The van der Waals surface area contributed by atoms with Crippen LogP contribution in [0.3, 0.4) is 0 Å². The van der Waals surface area contributed by atoms with Crippen LogP contribution in [0.5, 0.6) is 0 Å². The zero-order valence-electron chi connectivity index (χ0n) is 7.91. The molecular weight excluding hydrogens is 202 g/mol. The Balaban J connectivity index is 3.39. The van der Waals surface area contributed by atoms with E-state index in [0.717, 1.165) is 5.69 Å². The molecule has 1 aromatic heterocycles. The molecule has 1 aromatic rings. The molecule has 0 aliphatic rings. The summed E-state index contributed by atoms with van der Waals surface area (Å²) in [6.45, 7) is 3.23. The molecule has 1 heterocycles. The molecule has 14 heavy (non-hydrogen) atoms. The van der Waals surface area contributed by atoms with Crippen molar-refractivity contribution >= 4 is 17.4 Å². The summed E-state index contributed by atoms with van der Waals surface area (Å²) >= 11 is 5.71. The number of ketones is 1. The predicted molar refractivity (Wildman–Crippen MR) is 53.8 cm³/mol. The van der Waals surface area contributed by atoms with E-state index >= 15 is 0 Å². The van der Waals surface area contributed by atoms with Gasteiger partial charge in [0.1, 0.15) is 10.8 Å². The normalized spacial score (nSPS) is 9.36. The number of carbonyl (C=O) groups excluding carboxylic acids is 1. The van der Waals surface area contributed by atoms with Gasteiger partial charge in [0.25, 0.3) is 0 Å². The number of hydrogen-bond acceptors (Lipinski definition) is 3. The van der Waals surface area contributed by atoms with E-state index in [0.29, 0.717) is 5.69 Å². The minimum Gasteiger partial charge on any atom is -0.293 e. The summed E-state index contributed by atoms with van der Waals surface area (Å²) in [6, 6.07) is 3.32. The first-order valence-corrected chi connectivity index (χ1v) is 4.40. The molecule has 0 aliphatic carbocycles. The van der Waals surface area contributed by atoms with Gasteiger partial charge in [-0.3, -0.25) is 14.9 Å². The highest BCUT2D eigenvalue weighted by molar-refractivity contribution is 6.29. The van der Waals surface area contributed by atoms with Crippen LogP contribution in [-0.4, -0.2) is 21.0 Å². The quantitative estimate of drug-likeness (QED) is 0.724. The van der Waals surface area contributed by atoms with Gasteiger partial charge in [0.05, 0.1) is 6.20 Å². The standard InChI is InChI=1S/C9H10ClN3O/c1-6-3-4-9(10)13-12-8(5-11-6)7(2)14/h3-5,12H,1-2H3. The number of hydrogen-bond donors (Lipinski definition) is 1. The predicted octanol–water partition coefficient (Wildman–Crippen LogP) is 2.09. The van der Waals surface area contributed by atoms with Crippen LogP contribution in [0.25, 0.3) is 0 Å². The third-order valence-corrected chi connectivity index (χ3v) is 1.73. The summed E-state index contributed by atoms with van der Waals surface area (Å²) < 4.78 is 0. The van der Waals surface area contributed by atoms with Gasteiger partial charge in [0.15, 0.2) is 5.78 Å². The molecule has 0 unspecified atom stereocenters. The molecule has 0 fully saturated rings. The van der Waals surface area contributed by atoms with E-state index in [1.54, 1.807) is 19.1 Å². The first-order chi connectivity index (χ1) is 6.59. The van der Waals surface area contributed by atoms with Gasteiger partial charge in [-0.15, -0.1) is 0 Å². The average Bonchev–Trinajstić information content (AvgIpc) is 2.20. The Kier molecular flexibility index (Phi) is 3.59. The Hall–Kier alpha value is -1.42. The van der Waals surface area contributed by atoms with Gasteiger partial charge in [-0.05, 0) is 19.1 Å². The molecule has 0 atom stereocenters. The van der Waals surface area contributed by atoms with Crippen molar-refractivity contribution in [2.24, 2.45) is 0 Å². The van der Waals surface area contributed by atoms with E-state index in [4.69, 9.17) is 11.6 Å². The summed E-state index contributed by atoms with van der Waals surface area (Å²) in [7, 11) is 0. The molecule has 1 N–H and O–H groups in total. The van der Waals surface area contributed by atoms with Gasteiger partial charge >= 0.3 is 0 Å². The maximum atomic E-state index is 11.1. The number of carbonyl (C=O) groups is 1. The van der Waals surface area contributed by atoms with Gasteiger partial charge in [-0.1, -0.05) is 11.6 Å². The Morgan fingerprint density at radius 2 is 2.21 bits per heavy atom. The highest BCUT2D eigenvalue weighted by atomic mass is 35.5. The summed E-state index contributed by atoms with van der Waals surface area (Å²) in [5, 5.41) is 6.58. The van der Waals surface area contributed by atoms with Crippen molar-refractivity contribution in [3.05, 3.63) is 34.9 Å². The largest absolute Gasteiger partial charge is 0.293 e. The maximum absolute atomic E-state index is 11.1. The fraction of sp³-hybridized carbons (Fsp3) is 0.222. The second kappa shape index (κ2) is 4.72. The molecule has 0 bridgehead atoms. The van der Waals surface area contributed by atoms with Crippen LogP contribution < -0.4 is 0 Å². The third kappa shape index (κ3) is 3.14. The fourth-order valence-corrected chi connectivity index (χ4v) is 0.853. The molecule has 0 radical (unpaired) electrons. The smallest absolute Gasteiger partial charge is 0.179 e. The lowest BCUT2D eigenvalue weighted by Crippen LogP contribution is -1.95. The molecule has 0 saturated carbocycles. The number of halogens is 1. The van der Waals surface area contributed by atoms with Crippen molar-refractivity contribution in [2.75, 3.05) is 0 Å². The van der Waals surface area contributed by atoms with Crippen LogP contribution in [0.1, 0.15) is 23.1 Å². The SMILES string of the molecule is CC(=O)c1cnc(C)ccc(Cl)n[nH]1. The number of aromatic nitrogens is 3. The van der Waals surface area contributed by atoms with Gasteiger partial charge in [-0.25, -0.2) is 0 Å². The lowest BCUT2D eigenvalue weighted by atomic mass is 10.3. The van der Waals surface area contributed by atoms with Crippen molar-refractivity contribution in [3.8, 4) is 0 Å². The number of H-pyrrole nitrogens is 1. The van der Waals surface area contributed by atoms with E-state index in [-0.39, 0.29) is 10.9 Å². The molecule has 74 valence electrons. The van der Waals surface area contributed by atoms with E-state index in [2.05, 4.69) is 15.2 Å². The molecule has 0 amide bonds. The zero-order valence-corrected chi connectivity index (χ0v) is 8.67. The van der Waals surface area contributed by atoms with Gasteiger partial charge in [0.2, 0.25) is 0 Å². The molecule has 0 spiro atoms. The van der Waals surface area contributed by atoms with Crippen molar-refractivity contribution in [2.45, 2.75) is 13.8 Å². The molecule has 0 aliphatic heterocycles. The van der Waals surface area contributed by atoms with Crippen LogP contribution in [-0.2, 0) is 0 Å². The Bertz CT molecular complexity index is 369. The third-order valence-electron chi connectivity index (χ3n) is 1.52. The lowest BCUT2D eigenvalue weighted by Gasteiger charge is -1.88. The minimum atomic E-state index is -0.142. The van der Waals surface area contributed by atoms with Crippen molar-refractivity contribution in [3.63, 3.8) is 0 Å². The van der Waals surface area contributed by atoms with E-state index in [1.807, 2.05) is 0 Å². The molecule has 0 saturated heterocycles. The number of rotatable bonds is 1. The molecule has 0 aromatic carbocycles.